The maximum absolute atomic E-state index is 5.71. The van der Waals surface area contributed by atoms with Crippen molar-refractivity contribution in [3.8, 4) is 0 Å². The van der Waals surface area contributed by atoms with Crippen molar-refractivity contribution in [2.45, 2.75) is 46.3 Å². The van der Waals surface area contributed by atoms with E-state index in [1.807, 2.05) is 0 Å². The molecule has 0 aromatic carbocycles. The lowest BCUT2D eigenvalue weighted by Gasteiger charge is -2.16. The van der Waals surface area contributed by atoms with Crippen molar-refractivity contribution in [2.24, 2.45) is 0 Å². The van der Waals surface area contributed by atoms with Gasteiger partial charge in [-0.2, -0.15) is 0 Å². The first-order valence-electron chi connectivity index (χ1n) is 5.61. The predicted molar refractivity (Wildman–Crippen MR) is 68.0 cm³/mol. The van der Waals surface area contributed by atoms with E-state index < -0.39 is 8.07 Å². The molecule has 0 aliphatic carbocycles. The zero-order valence-electron chi connectivity index (χ0n) is 10.6. The molecule has 0 radical (unpaired) electrons. The minimum atomic E-state index is -0.941. The molecule has 15 heavy (non-hydrogen) atoms. The molecule has 1 rings (SSSR count). The summed E-state index contributed by atoms with van der Waals surface area (Å²) >= 11 is 0. The summed E-state index contributed by atoms with van der Waals surface area (Å²) in [6, 6.07) is 5.51. The van der Waals surface area contributed by atoms with Crippen molar-refractivity contribution in [1.29, 1.82) is 0 Å². The SMILES string of the molecule is Cc1ccc(C)n1COCC[Si](C)(C)C. The Kier molecular flexibility index (Phi) is 4.17. The maximum Gasteiger partial charge on any atom is 0.122 e. The van der Waals surface area contributed by atoms with Crippen LogP contribution in [-0.2, 0) is 11.5 Å². The van der Waals surface area contributed by atoms with Crippen LogP contribution in [0.15, 0.2) is 12.1 Å². The van der Waals surface area contributed by atoms with Crippen LogP contribution in [-0.4, -0.2) is 19.2 Å². The van der Waals surface area contributed by atoms with E-state index in [9.17, 15) is 0 Å². The van der Waals surface area contributed by atoms with Crippen LogP contribution in [0, 0.1) is 13.8 Å². The van der Waals surface area contributed by atoms with E-state index in [1.165, 1.54) is 17.4 Å². The van der Waals surface area contributed by atoms with Gasteiger partial charge in [0.15, 0.2) is 0 Å². The number of nitrogens with zero attached hydrogens (tertiary/aromatic N) is 1. The van der Waals surface area contributed by atoms with Gasteiger partial charge in [0.2, 0.25) is 0 Å². The van der Waals surface area contributed by atoms with Gasteiger partial charge in [-0.05, 0) is 32.0 Å². The van der Waals surface area contributed by atoms with Crippen LogP contribution in [0.25, 0.3) is 0 Å². The molecule has 0 N–H and O–H groups in total. The number of aryl methyl sites for hydroxylation is 2. The molecule has 0 saturated carbocycles. The molecule has 2 nitrogen and oxygen atoms in total. The lowest BCUT2D eigenvalue weighted by Crippen LogP contribution is -2.22. The molecule has 0 aliphatic heterocycles. The predicted octanol–water partition coefficient (Wildman–Crippen LogP) is 3.42. The highest BCUT2D eigenvalue weighted by molar-refractivity contribution is 6.76. The fourth-order valence-corrected chi connectivity index (χ4v) is 2.19. The average molecular weight is 225 g/mol. The highest BCUT2D eigenvalue weighted by Gasteiger charge is 2.12. The first kappa shape index (κ1) is 12.5. The molecule has 86 valence electrons. The van der Waals surface area contributed by atoms with Gasteiger partial charge in [0, 0.05) is 26.1 Å². The molecule has 3 heteroatoms. The fraction of sp³-hybridized carbons (Fsp3) is 0.667. The summed E-state index contributed by atoms with van der Waals surface area (Å²) in [5.74, 6) is 0. The van der Waals surface area contributed by atoms with E-state index in [1.54, 1.807) is 0 Å². The van der Waals surface area contributed by atoms with Crippen molar-refractivity contribution in [3.05, 3.63) is 23.5 Å². The van der Waals surface area contributed by atoms with Crippen LogP contribution in [0.1, 0.15) is 11.4 Å². The first-order chi connectivity index (χ1) is 6.90. The quantitative estimate of drug-likeness (QED) is 0.553. The Morgan fingerprint density at radius 1 is 1.13 bits per heavy atom. The summed E-state index contributed by atoms with van der Waals surface area (Å²) in [5.41, 5.74) is 2.56. The topological polar surface area (TPSA) is 14.2 Å². The smallest absolute Gasteiger partial charge is 0.122 e. The van der Waals surface area contributed by atoms with Gasteiger partial charge >= 0.3 is 0 Å². The molecular weight excluding hydrogens is 202 g/mol. The number of aromatic nitrogens is 1. The first-order valence-corrected chi connectivity index (χ1v) is 9.31. The van der Waals surface area contributed by atoms with Crippen molar-refractivity contribution >= 4 is 8.07 Å². The van der Waals surface area contributed by atoms with Gasteiger partial charge in [0.05, 0.1) is 0 Å². The molecule has 0 aliphatic rings. The standard InChI is InChI=1S/C12H23NOSi/c1-11-6-7-12(2)13(11)10-14-8-9-15(3,4)5/h6-7H,8-10H2,1-5H3. The molecule has 0 fully saturated rings. The molecule has 0 bridgehead atoms. The van der Waals surface area contributed by atoms with Crippen LogP contribution in [0.2, 0.25) is 25.7 Å². The van der Waals surface area contributed by atoms with E-state index in [-0.39, 0.29) is 0 Å². The van der Waals surface area contributed by atoms with Crippen LogP contribution in [0.4, 0.5) is 0 Å². The van der Waals surface area contributed by atoms with E-state index in [0.29, 0.717) is 6.73 Å². The van der Waals surface area contributed by atoms with Crippen molar-refractivity contribution in [2.75, 3.05) is 6.61 Å². The second kappa shape index (κ2) is 4.99. The van der Waals surface area contributed by atoms with E-state index >= 15 is 0 Å². The van der Waals surface area contributed by atoms with Crippen LogP contribution < -0.4 is 0 Å². The molecular formula is C12H23NOSi. The zero-order valence-corrected chi connectivity index (χ0v) is 11.6. The van der Waals surface area contributed by atoms with E-state index in [0.717, 1.165) is 6.61 Å². The average Bonchev–Trinajstić information content (AvgIpc) is 2.40. The van der Waals surface area contributed by atoms with Gasteiger partial charge in [-0.3, -0.25) is 0 Å². The summed E-state index contributed by atoms with van der Waals surface area (Å²) in [6.07, 6.45) is 0. The molecule has 0 unspecified atom stereocenters. The minimum Gasteiger partial charge on any atom is -0.361 e. The third kappa shape index (κ3) is 4.22. The second-order valence-electron chi connectivity index (χ2n) is 5.39. The van der Waals surface area contributed by atoms with Crippen LogP contribution >= 0.6 is 0 Å². The number of hydrogen-bond donors (Lipinski definition) is 0. The van der Waals surface area contributed by atoms with Gasteiger partial charge in [-0.15, -0.1) is 0 Å². The summed E-state index contributed by atoms with van der Waals surface area (Å²) in [5, 5.41) is 0. The summed E-state index contributed by atoms with van der Waals surface area (Å²) in [6.45, 7) is 13.0. The number of ether oxygens (including phenoxy) is 1. The van der Waals surface area contributed by atoms with Crippen molar-refractivity contribution < 1.29 is 4.74 Å². The largest absolute Gasteiger partial charge is 0.361 e. The molecule has 1 heterocycles. The lowest BCUT2D eigenvalue weighted by atomic mass is 10.5. The highest BCUT2D eigenvalue weighted by Crippen LogP contribution is 2.10. The monoisotopic (exact) mass is 225 g/mol. The Bertz CT molecular complexity index is 292. The van der Waals surface area contributed by atoms with Crippen LogP contribution in [0.3, 0.4) is 0 Å². The lowest BCUT2D eigenvalue weighted by molar-refractivity contribution is 0.0849. The molecule has 0 saturated heterocycles. The fourth-order valence-electron chi connectivity index (χ4n) is 1.44. The number of rotatable bonds is 5. The molecule has 0 spiro atoms. The Morgan fingerprint density at radius 3 is 2.13 bits per heavy atom. The van der Waals surface area contributed by atoms with Gasteiger partial charge in [-0.1, -0.05) is 19.6 Å². The van der Waals surface area contributed by atoms with Crippen LogP contribution in [0.5, 0.6) is 0 Å². The zero-order chi connectivity index (χ0) is 11.5. The molecule has 0 amide bonds. The third-order valence-electron chi connectivity index (χ3n) is 2.63. The Hall–Kier alpha value is -0.543. The number of hydrogen-bond acceptors (Lipinski definition) is 1. The maximum atomic E-state index is 5.71. The molecule has 1 aromatic rings. The normalized spacial score (nSPS) is 12.1. The Balaban J connectivity index is 2.32. The van der Waals surface area contributed by atoms with Gasteiger partial charge in [-0.25, -0.2) is 0 Å². The van der Waals surface area contributed by atoms with Crippen molar-refractivity contribution in [3.63, 3.8) is 0 Å². The summed E-state index contributed by atoms with van der Waals surface area (Å²) < 4.78 is 7.93. The molecule has 1 aromatic heterocycles. The molecule has 0 atom stereocenters. The van der Waals surface area contributed by atoms with Gasteiger partial charge < -0.3 is 9.30 Å². The second-order valence-corrected chi connectivity index (χ2v) is 11.0. The summed E-state index contributed by atoms with van der Waals surface area (Å²) in [4.78, 5) is 0. The summed E-state index contributed by atoms with van der Waals surface area (Å²) in [7, 11) is -0.941. The van der Waals surface area contributed by atoms with Crippen molar-refractivity contribution in [1.82, 2.24) is 4.57 Å². The Morgan fingerprint density at radius 2 is 1.67 bits per heavy atom. The highest BCUT2D eigenvalue weighted by atomic mass is 28.3. The third-order valence-corrected chi connectivity index (χ3v) is 4.34. The van der Waals surface area contributed by atoms with Gasteiger partial charge in [0.1, 0.15) is 6.73 Å². The van der Waals surface area contributed by atoms with E-state index in [4.69, 9.17) is 4.74 Å². The Labute approximate surface area is 94.3 Å². The minimum absolute atomic E-state index is 0.704. The van der Waals surface area contributed by atoms with E-state index in [2.05, 4.69) is 50.2 Å². The van der Waals surface area contributed by atoms with Gasteiger partial charge in [0.25, 0.3) is 0 Å².